The minimum absolute atomic E-state index is 0.576. The molecule has 0 amide bonds. The molecular weight excluding hydrogens is 246 g/mol. The normalized spacial score (nSPS) is 10.9. The summed E-state index contributed by atoms with van der Waals surface area (Å²) in [6, 6.07) is 6.45. The van der Waals surface area contributed by atoms with Gasteiger partial charge >= 0.3 is 0 Å². The molecule has 3 heteroatoms. The second-order valence-corrected chi connectivity index (χ2v) is 5.36. The molecule has 0 unspecified atom stereocenters. The Hall–Kier alpha value is -0.730. The van der Waals surface area contributed by atoms with Crippen molar-refractivity contribution >= 4 is 11.6 Å². The first-order valence-corrected chi connectivity index (χ1v) is 7.09. The van der Waals surface area contributed by atoms with Crippen LogP contribution in [0, 0.1) is 6.92 Å². The summed E-state index contributed by atoms with van der Waals surface area (Å²) in [6.45, 7) is 8.21. The zero-order valence-corrected chi connectivity index (χ0v) is 12.4. The van der Waals surface area contributed by atoms with Gasteiger partial charge in [-0.25, -0.2) is 0 Å². The van der Waals surface area contributed by atoms with Gasteiger partial charge in [0.05, 0.1) is 11.6 Å². The number of halogens is 1. The van der Waals surface area contributed by atoms with Gasteiger partial charge in [0.2, 0.25) is 0 Å². The summed E-state index contributed by atoms with van der Waals surface area (Å²) in [5.41, 5.74) is 1.18. The van der Waals surface area contributed by atoms with Crippen molar-refractivity contribution in [2.24, 2.45) is 0 Å². The van der Waals surface area contributed by atoms with Gasteiger partial charge in [0.15, 0.2) is 0 Å². The summed E-state index contributed by atoms with van der Waals surface area (Å²) < 4.78 is 5.69. The molecule has 0 aliphatic rings. The van der Waals surface area contributed by atoms with Crippen molar-refractivity contribution in [3.63, 3.8) is 0 Å². The van der Waals surface area contributed by atoms with E-state index < -0.39 is 0 Å². The van der Waals surface area contributed by atoms with E-state index in [9.17, 15) is 0 Å². The van der Waals surface area contributed by atoms with Gasteiger partial charge in [0, 0.05) is 6.04 Å². The van der Waals surface area contributed by atoms with E-state index in [1.165, 1.54) is 18.4 Å². The highest BCUT2D eigenvalue weighted by Crippen LogP contribution is 2.25. The topological polar surface area (TPSA) is 21.3 Å². The van der Waals surface area contributed by atoms with Crippen molar-refractivity contribution in [2.75, 3.05) is 13.2 Å². The van der Waals surface area contributed by atoms with Gasteiger partial charge in [-0.05, 0) is 50.4 Å². The molecule has 0 aliphatic carbocycles. The van der Waals surface area contributed by atoms with E-state index in [1.807, 2.05) is 25.1 Å². The smallest absolute Gasteiger partial charge is 0.138 e. The lowest BCUT2D eigenvalue weighted by Crippen LogP contribution is -2.23. The van der Waals surface area contributed by atoms with Crippen LogP contribution in [0.2, 0.25) is 5.02 Å². The van der Waals surface area contributed by atoms with Crippen molar-refractivity contribution in [2.45, 2.75) is 46.1 Å². The number of benzene rings is 1. The molecule has 1 N–H and O–H groups in total. The predicted octanol–water partition coefficient (Wildman–Crippen LogP) is 4.20. The third-order valence-electron chi connectivity index (χ3n) is 2.72. The summed E-state index contributed by atoms with van der Waals surface area (Å²) >= 11 is 6.06. The molecule has 0 heterocycles. The van der Waals surface area contributed by atoms with Crippen LogP contribution in [0.15, 0.2) is 18.2 Å². The minimum atomic E-state index is 0.576. The van der Waals surface area contributed by atoms with E-state index in [4.69, 9.17) is 16.3 Å². The second kappa shape index (κ2) is 8.39. The van der Waals surface area contributed by atoms with Gasteiger partial charge in [-0.15, -0.1) is 0 Å². The molecule has 18 heavy (non-hydrogen) atoms. The molecule has 0 spiro atoms. The van der Waals surface area contributed by atoms with Crippen molar-refractivity contribution < 1.29 is 4.74 Å². The maximum Gasteiger partial charge on any atom is 0.138 e. The lowest BCUT2D eigenvalue weighted by Gasteiger charge is -2.10. The van der Waals surface area contributed by atoms with E-state index in [0.717, 1.165) is 25.3 Å². The van der Waals surface area contributed by atoms with Crippen LogP contribution in [-0.2, 0) is 0 Å². The van der Waals surface area contributed by atoms with E-state index in [2.05, 4.69) is 19.2 Å². The van der Waals surface area contributed by atoms with Gasteiger partial charge < -0.3 is 10.1 Å². The summed E-state index contributed by atoms with van der Waals surface area (Å²) in [7, 11) is 0. The fraction of sp³-hybridized carbons (Fsp3) is 0.600. The highest BCUT2D eigenvalue weighted by Gasteiger charge is 2.01. The molecule has 0 bridgehead atoms. The Morgan fingerprint density at radius 1 is 1.22 bits per heavy atom. The number of ether oxygens (including phenoxy) is 1. The average Bonchev–Trinajstić information content (AvgIpc) is 2.32. The maximum absolute atomic E-state index is 6.06. The van der Waals surface area contributed by atoms with Gasteiger partial charge in [-0.1, -0.05) is 31.5 Å². The number of aryl methyl sites for hydroxylation is 1. The molecule has 0 atom stereocenters. The lowest BCUT2D eigenvalue weighted by molar-refractivity contribution is 0.304. The first-order valence-electron chi connectivity index (χ1n) is 6.72. The third-order valence-corrected chi connectivity index (χ3v) is 3.03. The second-order valence-electron chi connectivity index (χ2n) is 4.95. The first kappa shape index (κ1) is 15.3. The fourth-order valence-corrected chi connectivity index (χ4v) is 1.87. The van der Waals surface area contributed by atoms with Crippen molar-refractivity contribution in [3.05, 3.63) is 28.8 Å². The molecule has 0 radical (unpaired) electrons. The SMILES string of the molecule is Cc1ccc(Cl)c(OCCCCCNC(C)C)c1. The number of nitrogens with one attached hydrogen (secondary N) is 1. The summed E-state index contributed by atoms with van der Waals surface area (Å²) in [5, 5.41) is 4.11. The molecule has 102 valence electrons. The Balaban J connectivity index is 2.12. The van der Waals surface area contributed by atoms with Crippen LogP contribution < -0.4 is 10.1 Å². The Morgan fingerprint density at radius 3 is 2.72 bits per heavy atom. The predicted molar refractivity (Wildman–Crippen MR) is 78.7 cm³/mol. The van der Waals surface area contributed by atoms with Crippen LogP contribution in [-0.4, -0.2) is 19.2 Å². The minimum Gasteiger partial charge on any atom is -0.492 e. The largest absolute Gasteiger partial charge is 0.492 e. The summed E-state index contributed by atoms with van der Waals surface area (Å²) in [4.78, 5) is 0. The summed E-state index contributed by atoms with van der Waals surface area (Å²) in [5.74, 6) is 0.803. The standard InChI is InChI=1S/C15H24ClNO/c1-12(2)17-9-5-4-6-10-18-15-11-13(3)7-8-14(15)16/h7-8,11-12,17H,4-6,9-10H2,1-3H3. The van der Waals surface area contributed by atoms with Crippen LogP contribution in [0.4, 0.5) is 0 Å². The van der Waals surface area contributed by atoms with Crippen LogP contribution in [0.5, 0.6) is 5.75 Å². The number of hydrogen-bond acceptors (Lipinski definition) is 2. The van der Waals surface area contributed by atoms with E-state index in [-0.39, 0.29) is 0 Å². The Morgan fingerprint density at radius 2 is 2.00 bits per heavy atom. The Labute approximate surface area is 116 Å². The van der Waals surface area contributed by atoms with Gasteiger partial charge in [0.25, 0.3) is 0 Å². The number of unbranched alkanes of at least 4 members (excludes halogenated alkanes) is 2. The molecule has 0 saturated carbocycles. The number of rotatable bonds is 8. The molecule has 0 aromatic heterocycles. The van der Waals surface area contributed by atoms with Crippen LogP contribution >= 0.6 is 11.6 Å². The molecule has 1 rings (SSSR count). The molecule has 1 aromatic rings. The first-order chi connectivity index (χ1) is 8.59. The molecule has 1 aromatic carbocycles. The molecule has 2 nitrogen and oxygen atoms in total. The zero-order chi connectivity index (χ0) is 13.4. The average molecular weight is 270 g/mol. The van der Waals surface area contributed by atoms with Gasteiger partial charge in [-0.2, -0.15) is 0 Å². The molecule has 0 aliphatic heterocycles. The zero-order valence-electron chi connectivity index (χ0n) is 11.6. The Bertz CT molecular complexity index is 352. The van der Waals surface area contributed by atoms with Crippen molar-refractivity contribution in [1.82, 2.24) is 5.32 Å². The fourth-order valence-electron chi connectivity index (χ4n) is 1.70. The third kappa shape index (κ3) is 6.27. The Kier molecular flexibility index (Phi) is 7.14. The van der Waals surface area contributed by atoms with E-state index in [1.54, 1.807) is 0 Å². The maximum atomic E-state index is 6.06. The summed E-state index contributed by atoms with van der Waals surface area (Å²) in [6.07, 6.45) is 3.45. The highest BCUT2D eigenvalue weighted by atomic mass is 35.5. The molecule has 0 fully saturated rings. The number of hydrogen-bond donors (Lipinski definition) is 1. The lowest BCUT2D eigenvalue weighted by atomic mass is 10.2. The molecule has 0 saturated heterocycles. The van der Waals surface area contributed by atoms with Crippen LogP contribution in [0.1, 0.15) is 38.7 Å². The van der Waals surface area contributed by atoms with E-state index in [0.29, 0.717) is 11.1 Å². The van der Waals surface area contributed by atoms with Crippen LogP contribution in [0.25, 0.3) is 0 Å². The van der Waals surface area contributed by atoms with Crippen molar-refractivity contribution in [3.8, 4) is 5.75 Å². The molecular formula is C15H24ClNO. The monoisotopic (exact) mass is 269 g/mol. The van der Waals surface area contributed by atoms with E-state index >= 15 is 0 Å². The van der Waals surface area contributed by atoms with Gasteiger partial charge in [-0.3, -0.25) is 0 Å². The van der Waals surface area contributed by atoms with Crippen molar-refractivity contribution in [1.29, 1.82) is 0 Å². The van der Waals surface area contributed by atoms with Crippen LogP contribution in [0.3, 0.4) is 0 Å². The van der Waals surface area contributed by atoms with Gasteiger partial charge in [0.1, 0.15) is 5.75 Å². The quantitative estimate of drug-likeness (QED) is 0.715. The highest BCUT2D eigenvalue weighted by molar-refractivity contribution is 6.32.